The summed E-state index contributed by atoms with van der Waals surface area (Å²) in [7, 11) is 0. The maximum atomic E-state index is 12.0. The molecule has 120 valence electrons. The number of pyridine rings is 1. The highest BCUT2D eigenvalue weighted by molar-refractivity contribution is 5.85. The predicted octanol–water partition coefficient (Wildman–Crippen LogP) is 1.68. The molecule has 0 fully saturated rings. The SMILES string of the molecule is CCC(C)C(N)C(=O)NCc1cccnc1-n1cccn1.Cl. The van der Waals surface area contributed by atoms with Crippen molar-refractivity contribution in [3.63, 3.8) is 0 Å². The van der Waals surface area contributed by atoms with Crippen LogP contribution < -0.4 is 11.1 Å². The summed E-state index contributed by atoms with van der Waals surface area (Å²) in [5.41, 5.74) is 6.82. The van der Waals surface area contributed by atoms with Crippen molar-refractivity contribution in [3.05, 3.63) is 42.4 Å². The van der Waals surface area contributed by atoms with Gasteiger partial charge in [0, 0.05) is 30.7 Å². The molecule has 7 heteroatoms. The highest BCUT2D eigenvalue weighted by Gasteiger charge is 2.19. The number of carbonyl (C=O) groups is 1. The number of nitrogens with two attached hydrogens (primary N) is 1. The number of amides is 1. The second kappa shape index (κ2) is 8.51. The molecule has 2 heterocycles. The van der Waals surface area contributed by atoms with Crippen molar-refractivity contribution in [2.75, 3.05) is 0 Å². The fourth-order valence-corrected chi connectivity index (χ4v) is 1.98. The lowest BCUT2D eigenvalue weighted by Gasteiger charge is -2.18. The largest absolute Gasteiger partial charge is 0.351 e. The molecule has 0 bridgehead atoms. The van der Waals surface area contributed by atoms with E-state index in [9.17, 15) is 4.79 Å². The first kappa shape index (κ1) is 18.1. The van der Waals surface area contributed by atoms with Gasteiger partial charge in [-0.1, -0.05) is 26.3 Å². The Kier molecular flexibility index (Phi) is 7.01. The molecule has 0 saturated carbocycles. The summed E-state index contributed by atoms with van der Waals surface area (Å²) in [6, 6.07) is 5.10. The van der Waals surface area contributed by atoms with E-state index < -0.39 is 6.04 Å². The Labute approximate surface area is 136 Å². The number of aromatic nitrogens is 3. The van der Waals surface area contributed by atoms with E-state index in [1.54, 1.807) is 17.1 Å². The van der Waals surface area contributed by atoms with Gasteiger partial charge in [-0.3, -0.25) is 4.79 Å². The molecule has 2 rings (SSSR count). The van der Waals surface area contributed by atoms with Crippen LogP contribution in [0, 0.1) is 5.92 Å². The Balaban J connectivity index is 0.00000242. The van der Waals surface area contributed by atoms with Gasteiger partial charge in [-0.05, 0) is 18.1 Å². The summed E-state index contributed by atoms with van der Waals surface area (Å²) in [5, 5.41) is 7.04. The first-order valence-corrected chi connectivity index (χ1v) is 7.10. The lowest BCUT2D eigenvalue weighted by atomic mass is 9.99. The van der Waals surface area contributed by atoms with Gasteiger partial charge in [0.15, 0.2) is 5.82 Å². The zero-order chi connectivity index (χ0) is 15.2. The van der Waals surface area contributed by atoms with Gasteiger partial charge in [0.25, 0.3) is 0 Å². The summed E-state index contributed by atoms with van der Waals surface area (Å²) < 4.78 is 1.68. The smallest absolute Gasteiger partial charge is 0.237 e. The van der Waals surface area contributed by atoms with Crippen LogP contribution in [-0.2, 0) is 11.3 Å². The van der Waals surface area contributed by atoms with Crippen molar-refractivity contribution in [2.24, 2.45) is 11.7 Å². The fourth-order valence-electron chi connectivity index (χ4n) is 1.98. The number of hydrogen-bond donors (Lipinski definition) is 2. The highest BCUT2D eigenvalue weighted by atomic mass is 35.5. The molecule has 3 N–H and O–H groups in total. The summed E-state index contributed by atoms with van der Waals surface area (Å²) in [6.45, 7) is 4.38. The second-order valence-electron chi connectivity index (χ2n) is 5.07. The Morgan fingerprint density at radius 3 is 2.82 bits per heavy atom. The maximum Gasteiger partial charge on any atom is 0.237 e. The van der Waals surface area contributed by atoms with E-state index in [1.165, 1.54) is 0 Å². The van der Waals surface area contributed by atoms with Crippen molar-refractivity contribution in [2.45, 2.75) is 32.9 Å². The van der Waals surface area contributed by atoms with Gasteiger partial charge in [0.1, 0.15) is 0 Å². The molecule has 6 nitrogen and oxygen atoms in total. The second-order valence-corrected chi connectivity index (χ2v) is 5.07. The van der Waals surface area contributed by atoms with Crippen LogP contribution in [-0.4, -0.2) is 26.7 Å². The van der Waals surface area contributed by atoms with E-state index in [-0.39, 0.29) is 24.2 Å². The minimum Gasteiger partial charge on any atom is -0.351 e. The normalized spacial score (nSPS) is 13.0. The van der Waals surface area contributed by atoms with Crippen LogP contribution in [0.1, 0.15) is 25.8 Å². The molecule has 2 atom stereocenters. The molecule has 0 aliphatic carbocycles. The number of halogens is 1. The van der Waals surface area contributed by atoms with Crippen molar-refractivity contribution < 1.29 is 4.79 Å². The Morgan fingerprint density at radius 2 is 2.18 bits per heavy atom. The average Bonchev–Trinajstić information content (AvgIpc) is 3.05. The van der Waals surface area contributed by atoms with Gasteiger partial charge in [0.05, 0.1) is 6.04 Å². The van der Waals surface area contributed by atoms with Crippen LogP contribution in [0.2, 0.25) is 0 Å². The third-order valence-electron chi connectivity index (χ3n) is 3.60. The lowest BCUT2D eigenvalue weighted by Crippen LogP contribution is -2.44. The maximum absolute atomic E-state index is 12.0. The lowest BCUT2D eigenvalue weighted by molar-refractivity contribution is -0.123. The van der Waals surface area contributed by atoms with Crippen molar-refractivity contribution in [3.8, 4) is 5.82 Å². The van der Waals surface area contributed by atoms with Crippen LogP contribution in [0.25, 0.3) is 5.82 Å². The third-order valence-corrected chi connectivity index (χ3v) is 3.60. The van der Waals surface area contributed by atoms with Crippen molar-refractivity contribution >= 4 is 18.3 Å². The topological polar surface area (TPSA) is 85.8 Å². The van der Waals surface area contributed by atoms with Crippen LogP contribution in [0.5, 0.6) is 0 Å². The Hall–Kier alpha value is -1.92. The molecule has 0 spiro atoms. The average molecular weight is 324 g/mol. The van der Waals surface area contributed by atoms with Gasteiger partial charge in [-0.25, -0.2) is 9.67 Å². The summed E-state index contributed by atoms with van der Waals surface area (Å²) in [4.78, 5) is 16.3. The van der Waals surface area contributed by atoms with Gasteiger partial charge in [-0.2, -0.15) is 5.10 Å². The van der Waals surface area contributed by atoms with Crippen LogP contribution in [0.4, 0.5) is 0 Å². The standard InChI is InChI=1S/C15H21N5O.ClH/c1-3-11(2)13(16)15(21)18-10-12-6-4-7-17-14(12)20-9-5-8-19-20;/h4-9,11,13H,3,10,16H2,1-2H3,(H,18,21);1H. The van der Waals surface area contributed by atoms with Crippen LogP contribution in [0.15, 0.2) is 36.8 Å². The predicted molar refractivity (Wildman–Crippen MR) is 87.9 cm³/mol. The molecule has 0 radical (unpaired) electrons. The zero-order valence-corrected chi connectivity index (χ0v) is 13.6. The third kappa shape index (κ3) is 4.29. The molecule has 0 saturated heterocycles. The van der Waals surface area contributed by atoms with Crippen LogP contribution >= 0.6 is 12.4 Å². The summed E-state index contributed by atoms with van der Waals surface area (Å²) >= 11 is 0. The first-order valence-electron chi connectivity index (χ1n) is 7.10. The van der Waals surface area contributed by atoms with Gasteiger partial charge in [0.2, 0.25) is 5.91 Å². The molecular formula is C15H22ClN5O. The molecule has 0 aliphatic heterocycles. The van der Waals surface area contributed by atoms with Crippen molar-refractivity contribution in [1.82, 2.24) is 20.1 Å². The van der Waals surface area contributed by atoms with E-state index in [1.807, 2.05) is 38.2 Å². The van der Waals surface area contributed by atoms with Crippen molar-refractivity contribution in [1.29, 1.82) is 0 Å². The van der Waals surface area contributed by atoms with E-state index in [2.05, 4.69) is 15.4 Å². The minimum atomic E-state index is -0.486. The number of nitrogens with one attached hydrogen (secondary N) is 1. The monoisotopic (exact) mass is 323 g/mol. The van der Waals surface area contributed by atoms with E-state index in [4.69, 9.17) is 5.73 Å². The summed E-state index contributed by atoms with van der Waals surface area (Å²) in [5.74, 6) is 0.726. The molecule has 22 heavy (non-hydrogen) atoms. The number of rotatable bonds is 6. The molecule has 2 unspecified atom stereocenters. The zero-order valence-electron chi connectivity index (χ0n) is 12.8. The molecule has 1 amide bonds. The van der Waals surface area contributed by atoms with Crippen LogP contribution in [0.3, 0.4) is 0 Å². The van der Waals surface area contributed by atoms with Gasteiger partial charge < -0.3 is 11.1 Å². The quantitative estimate of drug-likeness (QED) is 0.847. The molecular weight excluding hydrogens is 302 g/mol. The number of hydrogen-bond acceptors (Lipinski definition) is 4. The summed E-state index contributed by atoms with van der Waals surface area (Å²) in [6.07, 6.45) is 6.08. The molecule has 2 aromatic heterocycles. The van der Waals surface area contributed by atoms with Gasteiger partial charge in [-0.15, -0.1) is 12.4 Å². The Bertz CT molecular complexity index is 587. The molecule has 0 aromatic carbocycles. The number of nitrogens with zero attached hydrogens (tertiary/aromatic N) is 3. The minimum absolute atomic E-state index is 0. The molecule has 2 aromatic rings. The van der Waals surface area contributed by atoms with Gasteiger partial charge >= 0.3 is 0 Å². The molecule has 0 aliphatic rings. The fraction of sp³-hybridized carbons (Fsp3) is 0.400. The Morgan fingerprint density at radius 1 is 1.41 bits per heavy atom. The first-order chi connectivity index (χ1) is 10.1. The van der Waals surface area contributed by atoms with E-state index in [0.717, 1.165) is 12.0 Å². The van der Waals surface area contributed by atoms with E-state index >= 15 is 0 Å². The van der Waals surface area contributed by atoms with E-state index in [0.29, 0.717) is 12.4 Å². The number of carbonyl (C=O) groups excluding carboxylic acids is 1. The highest BCUT2D eigenvalue weighted by Crippen LogP contribution is 2.10.